The van der Waals surface area contributed by atoms with Gasteiger partial charge in [-0.2, -0.15) is 0 Å². The molecule has 1 aromatic rings. The van der Waals surface area contributed by atoms with Crippen LogP contribution < -0.4 is 4.74 Å². The van der Waals surface area contributed by atoms with E-state index < -0.39 is 0 Å². The molecule has 0 bridgehead atoms. The monoisotopic (exact) mass is 189 g/mol. The minimum Gasteiger partial charge on any atom is -0.494 e. The Balaban J connectivity index is 1.54. The second-order valence-corrected chi connectivity index (χ2v) is 4.03. The summed E-state index contributed by atoms with van der Waals surface area (Å²) in [5.41, 5.74) is 0. The number of hydrogen-bond acceptors (Lipinski definition) is 1. The number of rotatable bonds is 6. The Morgan fingerprint density at radius 2 is 2.29 bits per heavy atom. The molecule has 1 aromatic carbocycles. The van der Waals surface area contributed by atoms with E-state index in [1.165, 1.54) is 32.1 Å². The first-order valence-corrected chi connectivity index (χ1v) is 5.54. The molecule has 1 radical (unpaired) electrons. The summed E-state index contributed by atoms with van der Waals surface area (Å²) in [4.78, 5) is 0. The predicted molar refractivity (Wildman–Crippen MR) is 57.3 cm³/mol. The number of unbranched alkanes of at least 4 members (excludes halogenated alkanes) is 1. The summed E-state index contributed by atoms with van der Waals surface area (Å²) in [7, 11) is 0. The molecule has 0 heterocycles. The predicted octanol–water partition coefficient (Wildman–Crippen LogP) is 3.45. The molecule has 0 spiro atoms. The molecular formula is C13H17O. The summed E-state index contributed by atoms with van der Waals surface area (Å²) in [5.74, 6) is 2.00. The molecule has 1 heteroatoms. The van der Waals surface area contributed by atoms with Crippen LogP contribution in [0.25, 0.3) is 0 Å². The van der Waals surface area contributed by atoms with Crippen LogP contribution in [0.2, 0.25) is 0 Å². The molecule has 1 nitrogen and oxygen atoms in total. The van der Waals surface area contributed by atoms with E-state index in [2.05, 4.69) is 6.07 Å². The van der Waals surface area contributed by atoms with Crippen molar-refractivity contribution in [2.45, 2.75) is 32.1 Å². The topological polar surface area (TPSA) is 9.23 Å². The van der Waals surface area contributed by atoms with Crippen molar-refractivity contribution in [2.75, 3.05) is 6.61 Å². The second-order valence-electron chi connectivity index (χ2n) is 4.03. The molecule has 0 amide bonds. The molecule has 1 aliphatic rings. The summed E-state index contributed by atoms with van der Waals surface area (Å²) in [5, 5.41) is 0. The second kappa shape index (κ2) is 5.04. The summed E-state index contributed by atoms with van der Waals surface area (Å²) >= 11 is 0. The van der Waals surface area contributed by atoms with Gasteiger partial charge in [0.1, 0.15) is 5.75 Å². The molecule has 0 aromatic heterocycles. The zero-order chi connectivity index (χ0) is 9.64. The zero-order valence-corrected chi connectivity index (χ0v) is 8.54. The smallest absolute Gasteiger partial charge is 0.119 e. The van der Waals surface area contributed by atoms with Crippen LogP contribution in [0.5, 0.6) is 5.75 Å². The van der Waals surface area contributed by atoms with Gasteiger partial charge < -0.3 is 4.74 Å². The van der Waals surface area contributed by atoms with Crippen LogP contribution in [0.4, 0.5) is 0 Å². The Kier molecular flexibility index (Phi) is 3.44. The van der Waals surface area contributed by atoms with Gasteiger partial charge in [-0.15, -0.1) is 0 Å². The van der Waals surface area contributed by atoms with Crippen molar-refractivity contribution in [2.24, 2.45) is 5.92 Å². The lowest BCUT2D eigenvalue weighted by Crippen LogP contribution is -1.97. The van der Waals surface area contributed by atoms with Gasteiger partial charge in [-0.1, -0.05) is 31.4 Å². The maximum Gasteiger partial charge on any atom is 0.119 e. The number of ether oxygens (including phenoxy) is 1. The van der Waals surface area contributed by atoms with Crippen molar-refractivity contribution < 1.29 is 4.74 Å². The molecule has 1 aliphatic carbocycles. The molecule has 0 unspecified atom stereocenters. The standard InChI is InChI=1S/C13H17O/c1-2-7-13(8-3-1)14-11-5-4-6-12-9-10-12/h1-2,7-8,12H,4-6,9-11H2. The van der Waals surface area contributed by atoms with E-state index in [1.807, 2.05) is 24.3 Å². The summed E-state index contributed by atoms with van der Waals surface area (Å²) in [6.45, 7) is 0.852. The third-order valence-corrected chi connectivity index (χ3v) is 2.65. The molecule has 1 saturated carbocycles. The minimum absolute atomic E-state index is 0.852. The van der Waals surface area contributed by atoms with Gasteiger partial charge in [0, 0.05) is 0 Å². The van der Waals surface area contributed by atoms with E-state index in [-0.39, 0.29) is 0 Å². The van der Waals surface area contributed by atoms with E-state index >= 15 is 0 Å². The van der Waals surface area contributed by atoms with Gasteiger partial charge >= 0.3 is 0 Å². The van der Waals surface area contributed by atoms with Crippen LogP contribution in [-0.4, -0.2) is 6.61 Å². The Bertz CT molecular complexity index is 251. The first-order chi connectivity index (χ1) is 6.95. The Labute approximate surface area is 86.1 Å². The Morgan fingerprint density at radius 1 is 1.36 bits per heavy atom. The molecule has 75 valence electrons. The van der Waals surface area contributed by atoms with Crippen molar-refractivity contribution in [3.8, 4) is 5.75 Å². The van der Waals surface area contributed by atoms with Gasteiger partial charge in [-0.3, -0.25) is 0 Å². The van der Waals surface area contributed by atoms with Crippen LogP contribution in [0.3, 0.4) is 0 Å². The third kappa shape index (κ3) is 3.41. The molecule has 0 saturated heterocycles. The van der Waals surface area contributed by atoms with Crippen molar-refractivity contribution >= 4 is 0 Å². The van der Waals surface area contributed by atoms with Crippen molar-refractivity contribution in [1.29, 1.82) is 0 Å². The van der Waals surface area contributed by atoms with Crippen LogP contribution in [0.1, 0.15) is 32.1 Å². The maximum atomic E-state index is 5.58. The lowest BCUT2D eigenvalue weighted by atomic mass is 10.2. The molecule has 1 fully saturated rings. The van der Waals surface area contributed by atoms with Crippen LogP contribution >= 0.6 is 0 Å². The molecule has 0 aliphatic heterocycles. The normalized spacial score (nSPS) is 15.4. The lowest BCUT2D eigenvalue weighted by Gasteiger charge is -2.04. The highest BCUT2D eigenvalue weighted by Crippen LogP contribution is 2.33. The average molecular weight is 189 g/mol. The SMILES string of the molecule is [c]1cccc(OCCCCC2CC2)c1. The van der Waals surface area contributed by atoms with Gasteiger partial charge in [-0.25, -0.2) is 0 Å². The number of hydrogen-bond donors (Lipinski definition) is 0. The Hall–Kier alpha value is -0.980. The molecular weight excluding hydrogens is 172 g/mol. The van der Waals surface area contributed by atoms with Crippen molar-refractivity contribution in [3.05, 3.63) is 30.3 Å². The maximum absolute atomic E-state index is 5.58. The molecule has 0 atom stereocenters. The fourth-order valence-corrected chi connectivity index (χ4v) is 1.60. The van der Waals surface area contributed by atoms with Crippen LogP contribution in [0, 0.1) is 12.0 Å². The highest BCUT2D eigenvalue weighted by Gasteiger charge is 2.19. The largest absolute Gasteiger partial charge is 0.494 e. The van der Waals surface area contributed by atoms with E-state index in [1.54, 1.807) is 0 Å². The molecule has 14 heavy (non-hydrogen) atoms. The van der Waals surface area contributed by atoms with E-state index in [4.69, 9.17) is 4.74 Å². The van der Waals surface area contributed by atoms with Gasteiger partial charge in [0.05, 0.1) is 6.61 Å². The van der Waals surface area contributed by atoms with E-state index in [9.17, 15) is 0 Å². The highest BCUT2D eigenvalue weighted by molar-refractivity contribution is 5.19. The zero-order valence-electron chi connectivity index (χ0n) is 8.54. The van der Waals surface area contributed by atoms with Crippen LogP contribution in [0.15, 0.2) is 24.3 Å². The summed E-state index contributed by atoms with van der Waals surface area (Å²) < 4.78 is 5.58. The highest BCUT2D eigenvalue weighted by atomic mass is 16.5. The van der Waals surface area contributed by atoms with Crippen molar-refractivity contribution in [1.82, 2.24) is 0 Å². The van der Waals surface area contributed by atoms with Gasteiger partial charge in [0.2, 0.25) is 0 Å². The third-order valence-electron chi connectivity index (χ3n) is 2.65. The molecule has 0 N–H and O–H groups in total. The van der Waals surface area contributed by atoms with E-state index in [0.717, 1.165) is 18.3 Å². The van der Waals surface area contributed by atoms with Crippen molar-refractivity contribution in [3.63, 3.8) is 0 Å². The van der Waals surface area contributed by atoms with Gasteiger partial charge in [-0.05, 0) is 37.0 Å². The van der Waals surface area contributed by atoms with Crippen LogP contribution in [-0.2, 0) is 0 Å². The first-order valence-electron chi connectivity index (χ1n) is 5.54. The van der Waals surface area contributed by atoms with Gasteiger partial charge in [0.15, 0.2) is 0 Å². The quantitative estimate of drug-likeness (QED) is 0.623. The Morgan fingerprint density at radius 3 is 3.00 bits per heavy atom. The lowest BCUT2D eigenvalue weighted by molar-refractivity contribution is 0.304. The first kappa shape index (κ1) is 9.57. The summed E-state index contributed by atoms with van der Waals surface area (Å²) in [6.07, 6.45) is 6.85. The molecule has 2 rings (SSSR count). The van der Waals surface area contributed by atoms with E-state index in [0.29, 0.717) is 0 Å². The number of benzene rings is 1. The fraction of sp³-hybridized carbons (Fsp3) is 0.538. The van der Waals surface area contributed by atoms with Gasteiger partial charge in [0.25, 0.3) is 0 Å². The average Bonchev–Trinajstić information content (AvgIpc) is 3.03. The fourth-order valence-electron chi connectivity index (χ4n) is 1.60. The minimum atomic E-state index is 0.852. The summed E-state index contributed by atoms with van der Waals surface area (Å²) in [6, 6.07) is 10.7.